The minimum atomic E-state index is 0.221. The maximum absolute atomic E-state index is 6.33. The van der Waals surface area contributed by atoms with Gasteiger partial charge in [-0.05, 0) is 43.7 Å². The van der Waals surface area contributed by atoms with Gasteiger partial charge in [-0.25, -0.2) is 0 Å². The van der Waals surface area contributed by atoms with E-state index < -0.39 is 0 Å². The van der Waals surface area contributed by atoms with E-state index in [0.717, 1.165) is 19.4 Å². The summed E-state index contributed by atoms with van der Waals surface area (Å²) in [6.45, 7) is 2.80. The van der Waals surface area contributed by atoms with Crippen molar-refractivity contribution in [3.05, 3.63) is 35.4 Å². The summed E-state index contributed by atoms with van der Waals surface area (Å²) in [5, 5.41) is 0. The lowest BCUT2D eigenvalue weighted by molar-refractivity contribution is -0.147. The van der Waals surface area contributed by atoms with Crippen LogP contribution in [0.2, 0.25) is 0 Å². The highest BCUT2D eigenvalue weighted by Crippen LogP contribution is 2.40. The number of ether oxygens (including phenoxy) is 2. The number of hydrogen-bond donors (Lipinski definition) is 0. The summed E-state index contributed by atoms with van der Waals surface area (Å²) in [6.07, 6.45) is 5.35. The zero-order valence-corrected chi connectivity index (χ0v) is 12.9. The van der Waals surface area contributed by atoms with Gasteiger partial charge in [-0.2, -0.15) is 0 Å². The second-order valence-corrected chi connectivity index (χ2v) is 6.60. The summed E-state index contributed by atoms with van der Waals surface area (Å²) in [5.74, 6) is 0. The number of halogens is 1. The number of hydrogen-bond acceptors (Lipinski definition) is 2. The Kier molecular flexibility index (Phi) is 4.25. The van der Waals surface area contributed by atoms with Crippen molar-refractivity contribution in [3.63, 3.8) is 0 Å². The van der Waals surface area contributed by atoms with Crippen molar-refractivity contribution >= 4 is 15.9 Å². The standard InChI is InChI=1S/C16H21BrO2/c1-2-18-16-13(17)10-15(16)19-14-9-5-7-11-6-3-4-8-12(11)14/h3-4,6,8,13-16H,2,5,7,9-10H2,1H3. The summed E-state index contributed by atoms with van der Waals surface area (Å²) in [6, 6.07) is 8.70. The Morgan fingerprint density at radius 3 is 2.95 bits per heavy atom. The number of alkyl halides is 1. The van der Waals surface area contributed by atoms with E-state index in [1.54, 1.807) is 0 Å². The third-order valence-electron chi connectivity index (χ3n) is 4.19. The maximum atomic E-state index is 6.33. The Morgan fingerprint density at radius 2 is 2.16 bits per heavy atom. The van der Waals surface area contributed by atoms with Gasteiger partial charge in [-0.1, -0.05) is 40.2 Å². The first-order valence-electron chi connectivity index (χ1n) is 7.28. The summed E-state index contributed by atoms with van der Waals surface area (Å²) in [4.78, 5) is 0.455. The van der Waals surface area contributed by atoms with E-state index >= 15 is 0 Å². The van der Waals surface area contributed by atoms with Gasteiger partial charge in [0.05, 0.1) is 18.3 Å². The Balaban J connectivity index is 1.68. The first-order valence-corrected chi connectivity index (χ1v) is 8.20. The molecule has 2 nitrogen and oxygen atoms in total. The molecular weight excluding hydrogens is 304 g/mol. The summed E-state index contributed by atoms with van der Waals surface area (Å²) >= 11 is 3.66. The smallest absolute Gasteiger partial charge is 0.0962 e. The van der Waals surface area contributed by atoms with E-state index in [4.69, 9.17) is 9.47 Å². The highest BCUT2D eigenvalue weighted by atomic mass is 79.9. The Bertz CT molecular complexity index is 435. The molecule has 0 amide bonds. The summed E-state index contributed by atoms with van der Waals surface area (Å²) < 4.78 is 12.1. The van der Waals surface area contributed by atoms with Crippen LogP contribution >= 0.6 is 15.9 Å². The SMILES string of the molecule is CCOC1C(Br)CC1OC1CCCc2ccccc21. The summed E-state index contributed by atoms with van der Waals surface area (Å²) in [7, 11) is 0. The third-order valence-corrected chi connectivity index (χ3v) is 5.09. The van der Waals surface area contributed by atoms with Gasteiger partial charge in [0.15, 0.2) is 0 Å². The van der Waals surface area contributed by atoms with Gasteiger partial charge in [0.25, 0.3) is 0 Å². The zero-order chi connectivity index (χ0) is 13.2. The molecule has 19 heavy (non-hydrogen) atoms. The van der Waals surface area contributed by atoms with E-state index in [-0.39, 0.29) is 18.3 Å². The summed E-state index contributed by atoms with van der Waals surface area (Å²) in [5.41, 5.74) is 2.85. The topological polar surface area (TPSA) is 18.5 Å². The third kappa shape index (κ3) is 2.74. The Hall–Kier alpha value is -0.380. The zero-order valence-electron chi connectivity index (χ0n) is 11.3. The van der Waals surface area contributed by atoms with E-state index in [2.05, 4.69) is 40.2 Å². The molecule has 0 radical (unpaired) electrons. The first-order chi connectivity index (χ1) is 9.29. The van der Waals surface area contributed by atoms with Crippen molar-refractivity contribution in [2.24, 2.45) is 0 Å². The molecule has 0 aliphatic heterocycles. The van der Waals surface area contributed by atoms with Crippen LogP contribution in [-0.2, 0) is 15.9 Å². The van der Waals surface area contributed by atoms with Crippen molar-refractivity contribution in [2.75, 3.05) is 6.61 Å². The van der Waals surface area contributed by atoms with Crippen LogP contribution in [0.15, 0.2) is 24.3 Å². The molecule has 1 aromatic carbocycles. The van der Waals surface area contributed by atoms with Crippen molar-refractivity contribution in [3.8, 4) is 0 Å². The lowest BCUT2D eigenvalue weighted by Gasteiger charge is -2.43. The molecule has 4 unspecified atom stereocenters. The van der Waals surface area contributed by atoms with Crippen molar-refractivity contribution in [1.29, 1.82) is 0 Å². The quantitative estimate of drug-likeness (QED) is 0.779. The van der Waals surface area contributed by atoms with Crippen LogP contribution in [-0.4, -0.2) is 23.6 Å². The van der Waals surface area contributed by atoms with Crippen LogP contribution in [0.3, 0.4) is 0 Å². The van der Waals surface area contributed by atoms with Crippen molar-refractivity contribution in [1.82, 2.24) is 0 Å². The lowest BCUT2D eigenvalue weighted by atomic mass is 9.87. The molecule has 0 N–H and O–H groups in total. The minimum absolute atomic E-state index is 0.221. The number of fused-ring (bicyclic) bond motifs is 1. The molecule has 2 aliphatic rings. The Morgan fingerprint density at radius 1 is 1.32 bits per heavy atom. The number of rotatable bonds is 4. The highest BCUT2D eigenvalue weighted by molar-refractivity contribution is 9.09. The van der Waals surface area contributed by atoms with E-state index in [1.807, 2.05) is 6.92 Å². The molecule has 0 saturated heterocycles. The molecule has 0 heterocycles. The van der Waals surface area contributed by atoms with Crippen LogP contribution in [0.1, 0.15) is 43.4 Å². The van der Waals surface area contributed by atoms with Crippen molar-refractivity contribution < 1.29 is 9.47 Å². The molecule has 104 valence electrons. The van der Waals surface area contributed by atoms with E-state index in [1.165, 1.54) is 24.0 Å². The first kappa shape index (κ1) is 13.6. The molecule has 0 bridgehead atoms. The van der Waals surface area contributed by atoms with Crippen LogP contribution in [0.4, 0.5) is 0 Å². The van der Waals surface area contributed by atoms with Gasteiger partial charge < -0.3 is 9.47 Å². The molecule has 1 fully saturated rings. The fourth-order valence-electron chi connectivity index (χ4n) is 3.13. The average molecular weight is 325 g/mol. The second-order valence-electron chi connectivity index (χ2n) is 5.43. The monoisotopic (exact) mass is 324 g/mol. The fraction of sp³-hybridized carbons (Fsp3) is 0.625. The van der Waals surface area contributed by atoms with Crippen LogP contribution in [0.25, 0.3) is 0 Å². The number of benzene rings is 1. The van der Waals surface area contributed by atoms with Crippen LogP contribution in [0, 0.1) is 0 Å². The average Bonchev–Trinajstić information content (AvgIpc) is 2.45. The van der Waals surface area contributed by atoms with Gasteiger partial charge in [-0.3, -0.25) is 0 Å². The van der Waals surface area contributed by atoms with Gasteiger partial charge >= 0.3 is 0 Å². The molecule has 3 heteroatoms. The second kappa shape index (κ2) is 5.94. The van der Waals surface area contributed by atoms with Crippen molar-refractivity contribution in [2.45, 2.75) is 55.7 Å². The van der Waals surface area contributed by atoms with Crippen LogP contribution in [0.5, 0.6) is 0 Å². The lowest BCUT2D eigenvalue weighted by Crippen LogP contribution is -2.51. The van der Waals surface area contributed by atoms with Crippen LogP contribution < -0.4 is 0 Å². The number of aryl methyl sites for hydroxylation is 1. The largest absolute Gasteiger partial charge is 0.375 e. The van der Waals surface area contributed by atoms with Gasteiger partial charge in [0.2, 0.25) is 0 Å². The normalized spacial score (nSPS) is 33.6. The molecule has 1 aromatic rings. The maximum Gasteiger partial charge on any atom is 0.0962 e. The molecule has 0 spiro atoms. The molecule has 4 atom stereocenters. The predicted octanol–water partition coefficient (Wildman–Crippen LogP) is 4.02. The van der Waals surface area contributed by atoms with E-state index in [9.17, 15) is 0 Å². The minimum Gasteiger partial charge on any atom is -0.375 e. The van der Waals surface area contributed by atoms with Gasteiger partial charge in [0.1, 0.15) is 0 Å². The Labute approximate surface area is 123 Å². The molecule has 1 saturated carbocycles. The molecular formula is C16H21BrO2. The predicted molar refractivity (Wildman–Crippen MR) is 79.7 cm³/mol. The molecule has 2 aliphatic carbocycles. The van der Waals surface area contributed by atoms with Gasteiger partial charge in [-0.15, -0.1) is 0 Å². The molecule has 3 rings (SSSR count). The fourth-order valence-corrected chi connectivity index (χ4v) is 3.99. The van der Waals surface area contributed by atoms with E-state index in [0.29, 0.717) is 4.83 Å². The molecule has 0 aromatic heterocycles. The highest BCUT2D eigenvalue weighted by Gasteiger charge is 2.42. The van der Waals surface area contributed by atoms with Gasteiger partial charge in [0, 0.05) is 11.4 Å².